The number of rotatable bonds is 2. The molecule has 0 amide bonds. The van der Waals surface area contributed by atoms with Gasteiger partial charge in [-0.25, -0.2) is 0 Å². The van der Waals surface area contributed by atoms with Gasteiger partial charge in [0.25, 0.3) is 0 Å². The first kappa shape index (κ1) is 9.07. The lowest BCUT2D eigenvalue weighted by atomic mass is 9.99. The van der Waals surface area contributed by atoms with Gasteiger partial charge >= 0.3 is 0 Å². The van der Waals surface area contributed by atoms with Crippen molar-refractivity contribution < 1.29 is 4.74 Å². The van der Waals surface area contributed by atoms with E-state index in [1.807, 2.05) is 6.07 Å². The smallest absolute Gasteiger partial charge is 0.133 e. The van der Waals surface area contributed by atoms with Crippen molar-refractivity contribution in [2.45, 2.75) is 25.2 Å². The molecular formula is C11H13BrO. The summed E-state index contributed by atoms with van der Waals surface area (Å²) < 4.78 is 6.24. The second-order valence-electron chi connectivity index (χ2n) is 3.91. The molecule has 0 aliphatic heterocycles. The predicted molar refractivity (Wildman–Crippen MR) is 57.3 cm³/mol. The molecule has 70 valence electrons. The summed E-state index contributed by atoms with van der Waals surface area (Å²) in [5.74, 6) is 0.910. The van der Waals surface area contributed by atoms with E-state index in [0.717, 1.165) is 10.2 Å². The molecule has 0 N–H and O–H groups in total. The van der Waals surface area contributed by atoms with Crippen molar-refractivity contribution in [3.8, 4) is 5.75 Å². The Morgan fingerprint density at radius 3 is 2.54 bits per heavy atom. The Bertz CT molecular complexity index is 329. The van der Waals surface area contributed by atoms with Crippen LogP contribution >= 0.6 is 15.9 Å². The molecular weight excluding hydrogens is 228 g/mol. The van der Waals surface area contributed by atoms with Gasteiger partial charge in [-0.15, -0.1) is 0 Å². The van der Waals surface area contributed by atoms with E-state index in [-0.39, 0.29) is 0 Å². The Balaban J connectivity index is 2.36. The van der Waals surface area contributed by atoms with Gasteiger partial charge in [0.05, 0.1) is 11.6 Å². The van der Waals surface area contributed by atoms with Crippen LogP contribution in [-0.4, -0.2) is 7.11 Å². The number of benzene rings is 1. The van der Waals surface area contributed by atoms with Crippen LogP contribution < -0.4 is 4.74 Å². The molecule has 2 rings (SSSR count). The van der Waals surface area contributed by atoms with Crippen LogP contribution in [0.4, 0.5) is 0 Å². The summed E-state index contributed by atoms with van der Waals surface area (Å²) in [6, 6.07) is 6.37. The summed E-state index contributed by atoms with van der Waals surface area (Å²) in [6.07, 6.45) is 2.62. The SMILES string of the molecule is COc1ccc(C2(C)CC2)cc1Br. The average molecular weight is 241 g/mol. The van der Waals surface area contributed by atoms with Crippen LogP contribution in [0.1, 0.15) is 25.3 Å². The number of methoxy groups -OCH3 is 1. The first-order valence-electron chi connectivity index (χ1n) is 4.50. The zero-order chi connectivity index (χ0) is 9.47. The fourth-order valence-electron chi connectivity index (χ4n) is 1.52. The Kier molecular flexibility index (Phi) is 2.11. The van der Waals surface area contributed by atoms with Crippen molar-refractivity contribution in [1.82, 2.24) is 0 Å². The second kappa shape index (κ2) is 3.02. The molecule has 0 unspecified atom stereocenters. The lowest BCUT2D eigenvalue weighted by Crippen LogP contribution is -1.99. The molecule has 1 aromatic carbocycles. The highest BCUT2D eigenvalue weighted by Gasteiger charge is 2.39. The summed E-state index contributed by atoms with van der Waals surface area (Å²) in [4.78, 5) is 0. The highest BCUT2D eigenvalue weighted by atomic mass is 79.9. The third-order valence-corrected chi connectivity index (χ3v) is 3.47. The van der Waals surface area contributed by atoms with Gasteiger partial charge in [-0.3, -0.25) is 0 Å². The fourth-order valence-corrected chi connectivity index (χ4v) is 2.06. The molecule has 1 aliphatic carbocycles. The molecule has 0 aromatic heterocycles. The largest absolute Gasteiger partial charge is 0.496 e. The van der Waals surface area contributed by atoms with Crippen LogP contribution in [0.5, 0.6) is 5.75 Å². The topological polar surface area (TPSA) is 9.23 Å². The van der Waals surface area contributed by atoms with Crippen molar-refractivity contribution in [2.75, 3.05) is 7.11 Å². The maximum Gasteiger partial charge on any atom is 0.133 e. The molecule has 0 saturated heterocycles. The molecule has 1 nitrogen and oxygen atoms in total. The van der Waals surface area contributed by atoms with E-state index in [1.165, 1.54) is 18.4 Å². The summed E-state index contributed by atoms with van der Waals surface area (Å²) in [7, 11) is 1.69. The molecule has 1 aliphatic rings. The standard InChI is InChI=1S/C11H13BrO/c1-11(5-6-11)8-3-4-10(13-2)9(12)7-8/h3-4,7H,5-6H2,1-2H3. The highest BCUT2D eigenvalue weighted by molar-refractivity contribution is 9.10. The van der Waals surface area contributed by atoms with Crippen molar-refractivity contribution in [1.29, 1.82) is 0 Å². The summed E-state index contributed by atoms with van der Waals surface area (Å²) in [6.45, 7) is 2.31. The minimum atomic E-state index is 0.439. The zero-order valence-electron chi connectivity index (χ0n) is 7.93. The summed E-state index contributed by atoms with van der Waals surface area (Å²) in [5.41, 5.74) is 1.86. The van der Waals surface area contributed by atoms with Crippen molar-refractivity contribution in [3.05, 3.63) is 28.2 Å². The van der Waals surface area contributed by atoms with Gasteiger partial charge in [-0.05, 0) is 51.9 Å². The van der Waals surface area contributed by atoms with Crippen LogP contribution in [0.3, 0.4) is 0 Å². The number of halogens is 1. The normalized spacial score (nSPS) is 18.4. The minimum absolute atomic E-state index is 0.439. The Morgan fingerprint density at radius 1 is 1.38 bits per heavy atom. The van der Waals surface area contributed by atoms with E-state index in [2.05, 4.69) is 35.0 Å². The molecule has 2 heteroatoms. The summed E-state index contributed by atoms with van der Waals surface area (Å²) >= 11 is 3.50. The van der Waals surface area contributed by atoms with Gasteiger partial charge in [0.1, 0.15) is 5.75 Å². The lowest BCUT2D eigenvalue weighted by molar-refractivity contribution is 0.412. The first-order chi connectivity index (χ1) is 6.15. The van der Waals surface area contributed by atoms with Gasteiger partial charge in [-0.2, -0.15) is 0 Å². The van der Waals surface area contributed by atoms with Gasteiger partial charge < -0.3 is 4.74 Å². The van der Waals surface area contributed by atoms with E-state index < -0.39 is 0 Å². The van der Waals surface area contributed by atoms with Crippen molar-refractivity contribution in [2.24, 2.45) is 0 Å². The van der Waals surface area contributed by atoms with E-state index in [4.69, 9.17) is 4.74 Å². The number of ether oxygens (including phenoxy) is 1. The summed E-state index contributed by atoms with van der Waals surface area (Å²) in [5, 5.41) is 0. The van der Waals surface area contributed by atoms with Gasteiger partial charge in [0, 0.05) is 0 Å². The third kappa shape index (κ3) is 1.60. The third-order valence-electron chi connectivity index (χ3n) is 2.85. The zero-order valence-corrected chi connectivity index (χ0v) is 9.52. The maximum absolute atomic E-state index is 5.19. The molecule has 0 spiro atoms. The Morgan fingerprint density at radius 2 is 2.08 bits per heavy atom. The molecule has 0 radical (unpaired) electrons. The van der Waals surface area contributed by atoms with Gasteiger partial charge in [-0.1, -0.05) is 13.0 Å². The van der Waals surface area contributed by atoms with Gasteiger partial charge in [0.15, 0.2) is 0 Å². The van der Waals surface area contributed by atoms with Crippen molar-refractivity contribution >= 4 is 15.9 Å². The minimum Gasteiger partial charge on any atom is -0.496 e. The van der Waals surface area contributed by atoms with Crippen LogP contribution in [-0.2, 0) is 5.41 Å². The van der Waals surface area contributed by atoms with E-state index in [1.54, 1.807) is 7.11 Å². The quantitative estimate of drug-likeness (QED) is 0.769. The number of hydrogen-bond donors (Lipinski definition) is 0. The second-order valence-corrected chi connectivity index (χ2v) is 4.76. The van der Waals surface area contributed by atoms with Crippen molar-refractivity contribution in [3.63, 3.8) is 0 Å². The molecule has 0 atom stereocenters. The van der Waals surface area contributed by atoms with E-state index >= 15 is 0 Å². The molecule has 13 heavy (non-hydrogen) atoms. The van der Waals surface area contributed by atoms with Gasteiger partial charge in [0.2, 0.25) is 0 Å². The Hall–Kier alpha value is -0.500. The number of hydrogen-bond acceptors (Lipinski definition) is 1. The predicted octanol–water partition coefficient (Wildman–Crippen LogP) is 3.51. The maximum atomic E-state index is 5.19. The molecule has 0 heterocycles. The van der Waals surface area contributed by atoms with E-state index in [9.17, 15) is 0 Å². The average Bonchev–Trinajstić information content (AvgIpc) is 2.85. The van der Waals surface area contributed by atoms with Crippen LogP contribution in [0.25, 0.3) is 0 Å². The molecule has 1 aromatic rings. The van der Waals surface area contributed by atoms with Crippen LogP contribution in [0.15, 0.2) is 22.7 Å². The molecule has 1 fully saturated rings. The fraction of sp³-hybridized carbons (Fsp3) is 0.455. The molecule has 1 saturated carbocycles. The highest BCUT2D eigenvalue weighted by Crippen LogP contribution is 2.48. The molecule has 0 bridgehead atoms. The van der Waals surface area contributed by atoms with E-state index in [0.29, 0.717) is 5.41 Å². The lowest BCUT2D eigenvalue weighted by Gasteiger charge is -2.10. The Labute approximate surface area is 87.2 Å². The van der Waals surface area contributed by atoms with Crippen LogP contribution in [0, 0.1) is 0 Å². The first-order valence-corrected chi connectivity index (χ1v) is 5.29. The van der Waals surface area contributed by atoms with Crippen LogP contribution in [0.2, 0.25) is 0 Å². The monoisotopic (exact) mass is 240 g/mol.